The number of hydrogen-bond donors (Lipinski definition) is 2. The Bertz CT molecular complexity index is 429. The topological polar surface area (TPSA) is 40.2 Å². The van der Waals surface area contributed by atoms with Crippen molar-refractivity contribution in [3.63, 3.8) is 0 Å². The van der Waals surface area contributed by atoms with Gasteiger partial charge in [-0.2, -0.15) is 4.39 Å². The molecule has 4 nitrogen and oxygen atoms in total. The summed E-state index contributed by atoms with van der Waals surface area (Å²) in [4.78, 5) is 5.75. The van der Waals surface area contributed by atoms with Gasteiger partial charge in [-0.3, -0.25) is 0 Å². The minimum absolute atomic E-state index is 0.435. The quantitative estimate of drug-likeness (QED) is 0.619. The highest BCUT2D eigenvalue weighted by atomic mass is 19.1. The first kappa shape index (κ1) is 8.67. The fraction of sp³-hybridized carbons (Fsp3) is 0.300. The number of pyridine rings is 1. The summed E-state index contributed by atoms with van der Waals surface area (Å²) in [6, 6.07) is 1.47. The normalized spacial score (nSPS) is 18.7. The Morgan fingerprint density at radius 3 is 3.33 bits per heavy atom. The van der Waals surface area contributed by atoms with Crippen molar-refractivity contribution in [1.29, 1.82) is 0 Å². The second kappa shape index (κ2) is 3.20. The Hall–Kier alpha value is -1.62. The summed E-state index contributed by atoms with van der Waals surface area (Å²) in [5.74, 6) is -0.435. The van der Waals surface area contributed by atoms with E-state index in [1.54, 1.807) is 0 Å². The molecule has 1 saturated heterocycles. The summed E-state index contributed by atoms with van der Waals surface area (Å²) < 4.78 is 13.1. The van der Waals surface area contributed by atoms with Crippen molar-refractivity contribution < 1.29 is 4.39 Å². The Balaban J connectivity index is 2.06. The number of fused-ring (bicyclic) bond motifs is 3. The standard InChI is InChI=1S/C10H11FN4/c11-10-3-9-8(6-14-10)13-5-7-4-12-1-2-15(7)9/h3,5-6,12-13H,1-2,4H2. The third-order valence-corrected chi connectivity index (χ3v) is 2.70. The van der Waals surface area contributed by atoms with E-state index in [4.69, 9.17) is 0 Å². The van der Waals surface area contributed by atoms with Crippen LogP contribution in [0.25, 0.3) is 0 Å². The second-order valence-electron chi connectivity index (χ2n) is 3.63. The molecule has 3 rings (SSSR count). The molecule has 1 fully saturated rings. The molecular weight excluding hydrogens is 195 g/mol. The van der Waals surface area contributed by atoms with Crippen molar-refractivity contribution >= 4 is 11.4 Å². The predicted molar refractivity (Wildman–Crippen MR) is 56.1 cm³/mol. The van der Waals surface area contributed by atoms with E-state index in [0.717, 1.165) is 36.7 Å². The van der Waals surface area contributed by atoms with Crippen molar-refractivity contribution in [1.82, 2.24) is 10.3 Å². The van der Waals surface area contributed by atoms with E-state index in [1.807, 2.05) is 6.20 Å². The zero-order chi connectivity index (χ0) is 10.3. The molecule has 15 heavy (non-hydrogen) atoms. The molecule has 2 aliphatic heterocycles. The molecule has 0 aromatic carbocycles. The maximum Gasteiger partial charge on any atom is 0.215 e. The number of piperazine rings is 1. The summed E-state index contributed by atoms with van der Waals surface area (Å²) in [6.07, 6.45) is 3.47. The number of hydrogen-bond acceptors (Lipinski definition) is 4. The SMILES string of the molecule is Fc1cc2c(cn1)NC=C1CNCCN12. The molecule has 0 amide bonds. The van der Waals surface area contributed by atoms with Crippen LogP contribution in [0.3, 0.4) is 0 Å². The van der Waals surface area contributed by atoms with Gasteiger partial charge in [0, 0.05) is 37.6 Å². The van der Waals surface area contributed by atoms with Crippen LogP contribution in [0.2, 0.25) is 0 Å². The lowest BCUT2D eigenvalue weighted by Gasteiger charge is -2.36. The van der Waals surface area contributed by atoms with Crippen LogP contribution in [-0.4, -0.2) is 24.6 Å². The molecule has 2 aliphatic rings. The highest BCUT2D eigenvalue weighted by Gasteiger charge is 2.22. The zero-order valence-corrected chi connectivity index (χ0v) is 8.13. The van der Waals surface area contributed by atoms with Gasteiger partial charge in [0.2, 0.25) is 5.95 Å². The average molecular weight is 206 g/mol. The lowest BCUT2D eigenvalue weighted by molar-refractivity contribution is 0.581. The zero-order valence-electron chi connectivity index (χ0n) is 8.13. The van der Waals surface area contributed by atoms with Gasteiger partial charge in [0.15, 0.2) is 0 Å². The maximum absolute atomic E-state index is 13.1. The Labute approximate surface area is 86.8 Å². The molecule has 0 spiro atoms. The van der Waals surface area contributed by atoms with E-state index in [2.05, 4.69) is 20.5 Å². The third-order valence-electron chi connectivity index (χ3n) is 2.70. The van der Waals surface area contributed by atoms with E-state index >= 15 is 0 Å². The smallest absolute Gasteiger partial charge is 0.215 e. The van der Waals surface area contributed by atoms with E-state index < -0.39 is 5.95 Å². The van der Waals surface area contributed by atoms with Gasteiger partial charge >= 0.3 is 0 Å². The molecule has 0 atom stereocenters. The van der Waals surface area contributed by atoms with Gasteiger partial charge in [0.1, 0.15) is 0 Å². The fourth-order valence-corrected chi connectivity index (χ4v) is 1.97. The van der Waals surface area contributed by atoms with Crippen molar-refractivity contribution in [2.75, 3.05) is 29.9 Å². The number of aromatic nitrogens is 1. The monoisotopic (exact) mass is 206 g/mol. The predicted octanol–water partition coefficient (Wildman–Crippen LogP) is 0.897. The van der Waals surface area contributed by atoms with Crippen molar-refractivity contribution in [3.8, 4) is 0 Å². The number of halogens is 1. The van der Waals surface area contributed by atoms with E-state index in [1.165, 1.54) is 12.3 Å². The van der Waals surface area contributed by atoms with Gasteiger partial charge in [-0.15, -0.1) is 0 Å². The molecule has 0 unspecified atom stereocenters. The van der Waals surface area contributed by atoms with Crippen LogP contribution in [0.5, 0.6) is 0 Å². The Kier molecular flexibility index (Phi) is 1.85. The maximum atomic E-state index is 13.1. The molecule has 2 N–H and O–H groups in total. The van der Waals surface area contributed by atoms with Crippen LogP contribution in [0, 0.1) is 5.95 Å². The van der Waals surface area contributed by atoms with E-state index in [-0.39, 0.29) is 0 Å². The molecule has 1 aromatic rings. The number of anilines is 2. The first-order valence-electron chi connectivity index (χ1n) is 4.94. The van der Waals surface area contributed by atoms with Crippen LogP contribution < -0.4 is 15.5 Å². The highest BCUT2D eigenvalue weighted by molar-refractivity contribution is 5.75. The lowest BCUT2D eigenvalue weighted by Crippen LogP contribution is -2.43. The summed E-state index contributed by atoms with van der Waals surface area (Å²) in [5.41, 5.74) is 2.88. The van der Waals surface area contributed by atoms with Gasteiger partial charge in [-0.1, -0.05) is 0 Å². The minimum Gasteiger partial charge on any atom is -0.357 e. The largest absolute Gasteiger partial charge is 0.357 e. The fourth-order valence-electron chi connectivity index (χ4n) is 1.97. The average Bonchev–Trinajstić information content (AvgIpc) is 2.29. The molecule has 0 saturated carbocycles. The molecule has 5 heteroatoms. The van der Waals surface area contributed by atoms with Crippen molar-refractivity contribution in [2.24, 2.45) is 0 Å². The summed E-state index contributed by atoms with van der Waals surface area (Å²) in [6.45, 7) is 2.60. The van der Waals surface area contributed by atoms with Crippen LogP contribution >= 0.6 is 0 Å². The summed E-state index contributed by atoms with van der Waals surface area (Å²) in [5, 5.41) is 6.39. The summed E-state index contributed by atoms with van der Waals surface area (Å²) >= 11 is 0. The first-order chi connectivity index (χ1) is 7.34. The van der Waals surface area contributed by atoms with Crippen molar-refractivity contribution in [3.05, 3.63) is 30.1 Å². The molecule has 3 heterocycles. The second-order valence-corrected chi connectivity index (χ2v) is 3.63. The van der Waals surface area contributed by atoms with Crippen LogP contribution in [-0.2, 0) is 0 Å². The summed E-state index contributed by atoms with van der Waals surface area (Å²) in [7, 11) is 0. The minimum atomic E-state index is -0.435. The Morgan fingerprint density at radius 2 is 2.40 bits per heavy atom. The number of nitrogens with one attached hydrogen (secondary N) is 2. The number of nitrogens with zero attached hydrogens (tertiary/aromatic N) is 2. The number of rotatable bonds is 0. The van der Waals surface area contributed by atoms with Gasteiger partial charge in [-0.05, 0) is 0 Å². The Morgan fingerprint density at radius 1 is 1.47 bits per heavy atom. The molecule has 0 bridgehead atoms. The van der Waals surface area contributed by atoms with Crippen LogP contribution in [0.4, 0.5) is 15.8 Å². The van der Waals surface area contributed by atoms with Crippen LogP contribution in [0.1, 0.15) is 0 Å². The first-order valence-corrected chi connectivity index (χ1v) is 4.94. The van der Waals surface area contributed by atoms with Gasteiger partial charge < -0.3 is 15.5 Å². The third kappa shape index (κ3) is 1.35. The van der Waals surface area contributed by atoms with Crippen LogP contribution in [0.15, 0.2) is 24.2 Å². The van der Waals surface area contributed by atoms with E-state index in [0.29, 0.717) is 0 Å². The molecule has 0 radical (unpaired) electrons. The highest BCUT2D eigenvalue weighted by Crippen LogP contribution is 2.32. The molecule has 1 aromatic heterocycles. The molecule has 78 valence electrons. The molecular formula is C10H11FN4. The molecule has 0 aliphatic carbocycles. The van der Waals surface area contributed by atoms with E-state index in [9.17, 15) is 4.39 Å². The van der Waals surface area contributed by atoms with Gasteiger partial charge in [-0.25, -0.2) is 4.98 Å². The van der Waals surface area contributed by atoms with Gasteiger partial charge in [0.05, 0.1) is 17.6 Å². The van der Waals surface area contributed by atoms with Gasteiger partial charge in [0.25, 0.3) is 0 Å². The van der Waals surface area contributed by atoms with Crippen molar-refractivity contribution in [2.45, 2.75) is 0 Å². The lowest BCUT2D eigenvalue weighted by atomic mass is 10.2.